The van der Waals surface area contributed by atoms with E-state index < -0.39 is 0 Å². The van der Waals surface area contributed by atoms with Gasteiger partial charge < -0.3 is 0 Å². The number of thiophene rings is 2. The van der Waals surface area contributed by atoms with Gasteiger partial charge in [0.05, 0.1) is 23.1 Å². The Morgan fingerprint density at radius 2 is 0.675 bits per heavy atom. The normalized spacial score (nSPS) is 14.2. The number of unbranched alkanes of at least 4 members (excludes halogenated alkanes) is 20. The van der Waals surface area contributed by atoms with Crippen LogP contribution in [0.2, 0.25) is 0 Å². The van der Waals surface area contributed by atoms with Crippen LogP contribution >= 0.6 is 34.4 Å². The second-order valence-electron chi connectivity index (χ2n) is 23.8. The van der Waals surface area contributed by atoms with E-state index in [-0.39, 0.29) is 10.8 Å². The lowest BCUT2D eigenvalue weighted by Crippen LogP contribution is -2.25. The zero-order valence-corrected chi connectivity index (χ0v) is 51.9. The van der Waals surface area contributed by atoms with Crippen LogP contribution in [-0.4, -0.2) is 8.75 Å². The Hall–Kier alpha value is -4.86. The van der Waals surface area contributed by atoms with Crippen LogP contribution in [0.1, 0.15) is 230 Å². The van der Waals surface area contributed by atoms with Crippen LogP contribution in [0.5, 0.6) is 0 Å². The molecule has 0 radical (unpaired) electrons. The molecule has 0 unspecified atom stereocenters. The number of rotatable bonds is 32. The fourth-order valence-electron chi connectivity index (χ4n) is 14.4. The monoisotopic (exact) mass is 1130 g/mol. The summed E-state index contributed by atoms with van der Waals surface area (Å²) in [4.78, 5) is 4.92. The molecule has 11 rings (SSSR count). The molecule has 3 aromatic heterocycles. The smallest absolute Gasteiger partial charge is 0.116 e. The Kier molecular flexibility index (Phi) is 19.2. The largest absolute Gasteiger partial charge is 0.172 e. The number of aromatic nitrogens is 2. The quantitative estimate of drug-likeness (QED) is 0.0395. The first kappa shape index (κ1) is 57.0. The number of nitrogens with zero attached hydrogens (tertiary/aromatic N) is 4. The highest BCUT2D eigenvalue weighted by Crippen LogP contribution is 2.59. The third-order valence-electron chi connectivity index (χ3n) is 18.6. The van der Waals surface area contributed by atoms with Gasteiger partial charge in [-0.3, -0.25) is 0 Å². The molecule has 8 aromatic rings. The molecule has 0 N–H and O–H groups in total. The summed E-state index contributed by atoms with van der Waals surface area (Å²) in [6, 6.07) is 43.0. The molecule has 0 bridgehead atoms. The summed E-state index contributed by atoms with van der Waals surface area (Å²) in [5, 5.41) is 0. The van der Waals surface area contributed by atoms with Gasteiger partial charge in [0.1, 0.15) is 22.4 Å². The molecule has 0 spiro atoms. The summed E-state index contributed by atoms with van der Waals surface area (Å²) in [5.41, 5.74) is 20.6. The first-order chi connectivity index (χ1) is 39.5. The molecule has 4 nitrogen and oxygen atoms in total. The van der Waals surface area contributed by atoms with Crippen LogP contribution in [0.3, 0.4) is 0 Å². The molecule has 2 aliphatic carbocycles. The van der Waals surface area contributed by atoms with Crippen molar-refractivity contribution < 1.29 is 0 Å². The number of hydrogen-bond donors (Lipinski definition) is 0. The lowest BCUT2D eigenvalue weighted by atomic mass is 9.70. The van der Waals surface area contributed by atoms with E-state index in [0.29, 0.717) is 0 Å². The maximum atomic E-state index is 5.09. The van der Waals surface area contributed by atoms with Crippen molar-refractivity contribution in [2.24, 2.45) is 8.73 Å². The average Bonchev–Trinajstić information content (AvgIpc) is 4.55. The van der Waals surface area contributed by atoms with Crippen molar-refractivity contribution in [2.75, 3.05) is 0 Å². The Morgan fingerprint density at radius 3 is 1.06 bits per heavy atom. The molecule has 1 aliphatic heterocycles. The zero-order chi connectivity index (χ0) is 54.7. The summed E-state index contributed by atoms with van der Waals surface area (Å²) in [6.45, 7) is 9.29. The third kappa shape index (κ3) is 11.6. The molecule has 0 amide bonds. The van der Waals surface area contributed by atoms with E-state index in [0.717, 1.165) is 33.5 Å². The van der Waals surface area contributed by atoms with Crippen LogP contribution in [0, 0.1) is 0 Å². The average molecular weight is 1140 g/mol. The topological polar surface area (TPSA) is 50.5 Å². The lowest BCUT2D eigenvalue weighted by Gasteiger charge is -2.33. The van der Waals surface area contributed by atoms with Crippen molar-refractivity contribution in [1.82, 2.24) is 8.75 Å². The van der Waals surface area contributed by atoms with Crippen molar-refractivity contribution >= 4 is 68.2 Å². The van der Waals surface area contributed by atoms with Gasteiger partial charge in [-0.2, -0.15) is 17.5 Å². The summed E-state index contributed by atoms with van der Waals surface area (Å²) >= 11 is 6.35. The van der Waals surface area contributed by atoms with E-state index in [2.05, 4.69) is 137 Å². The van der Waals surface area contributed by atoms with Crippen molar-refractivity contribution in [3.63, 3.8) is 0 Å². The minimum Gasteiger partial charge on any atom is -0.172 e. The summed E-state index contributed by atoms with van der Waals surface area (Å²) in [6.07, 6.45) is 36.6. The van der Waals surface area contributed by atoms with Gasteiger partial charge in [0, 0.05) is 41.5 Å². The molecule has 0 atom stereocenters. The molecule has 0 fully saturated rings. The zero-order valence-electron chi connectivity index (χ0n) is 48.6. The van der Waals surface area contributed by atoms with E-state index in [1.165, 1.54) is 256 Å². The third-order valence-corrected chi connectivity index (χ3v) is 21.9. The van der Waals surface area contributed by atoms with Crippen LogP contribution < -0.4 is 0 Å². The molecule has 3 aliphatic rings. The highest BCUT2D eigenvalue weighted by molar-refractivity contribution is 7.58. The molecule has 8 heteroatoms. The molecular weight excluding hydrogens is 1050 g/mol. The fourth-order valence-corrected chi connectivity index (χ4v) is 17.6. The Labute approximate surface area is 495 Å². The summed E-state index contributed by atoms with van der Waals surface area (Å²) < 4.78 is 20.4. The molecule has 5 aromatic carbocycles. The molecule has 0 saturated heterocycles. The van der Waals surface area contributed by atoms with E-state index in [4.69, 9.17) is 17.5 Å². The Balaban J connectivity index is 0.903. The Bertz CT molecular complexity index is 3190. The van der Waals surface area contributed by atoms with Gasteiger partial charge in [-0.25, -0.2) is 0 Å². The van der Waals surface area contributed by atoms with Crippen molar-refractivity contribution in [2.45, 2.75) is 218 Å². The van der Waals surface area contributed by atoms with Gasteiger partial charge in [0.2, 0.25) is 0 Å². The van der Waals surface area contributed by atoms with Crippen LogP contribution in [0.4, 0.5) is 11.4 Å². The maximum absolute atomic E-state index is 5.09. The number of benzene rings is 5. The summed E-state index contributed by atoms with van der Waals surface area (Å²) in [5.74, 6) is 0. The van der Waals surface area contributed by atoms with Crippen molar-refractivity contribution in [1.29, 1.82) is 0 Å². The lowest BCUT2D eigenvalue weighted by molar-refractivity contribution is 0.398. The second kappa shape index (κ2) is 27.0. The first-order valence-corrected chi connectivity index (χ1v) is 34.7. The molecule has 4 heterocycles. The fraction of sp³-hybridized carbons (Fsp3) is 0.472. The summed E-state index contributed by atoms with van der Waals surface area (Å²) in [7, 11) is 0. The predicted octanol–water partition coefficient (Wildman–Crippen LogP) is 24.7. The highest BCUT2D eigenvalue weighted by atomic mass is 32.1. The van der Waals surface area contributed by atoms with Gasteiger partial charge in [-0.1, -0.05) is 255 Å². The van der Waals surface area contributed by atoms with E-state index >= 15 is 0 Å². The molecular formula is C72H86N4S4. The number of hydrogen-bond acceptors (Lipinski definition) is 7. The van der Waals surface area contributed by atoms with E-state index in [1.807, 2.05) is 22.7 Å². The van der Waals surface area contributed by atoms with Gasteiger partial charge in [-0.05, 0) is 118 Å². The molecule has 418 valence electrons. The standard InChI is InChI=1S/C72H86N4S4/c1-5-9-13-17-21-29-45-71(46-30-22-18-14-10-6-2)57-35-27-25-33-53(57)55-39-37-51(49-59(55)71)61-41-43-63(77-61)65-67-69(75-79-73-67)66(70-68(65)74-80-76-70)64-44-42-62(78-64)52-38-40-56-54-34-26-28-36-58(54)72(60(56)50-52,47-31-23-19-15-11-7-3)48-32-24-20-16-12-8-4/h25-28,33-44,49-50H,5-24,29-32,45-48H2,1-4H3. The van der Waals surface area contributed by atoms with Gasteiger partial charge >= 0.3 is 0 Å². The second-order valence-corrected chi connectivity index (χ2v) is 27.1. The minimum atomic E-state index is 0.0450. The SMILES string of the molecule is CCCCCCCCC1(CCCCCCCC)c2ccccc2-c2ccc(-c3ccc(-c4c5c(c(-c6ccc(-c7ccc8c(c7)C(CCCCCCCC)(CCCCCCCC)c7ccccc7-8)s6)c6nsnc46)N=S=N5)s3)cc21. The Morgan fingerprint density at radius 1 is 0.338 bits per heavy atom. The molecule has 0 saturated carbocycles. The van der Waals surface area contributed by atoms with E-state index in [1.54, 1.807) is 22.3 Å². The maximum Gasteiger partial charge on any atom is 0.116 e. The van der Waals surface area contributed by atoms with E-state index in [9.17, 15) is 0 Å². The predicted molar refractivity (Wildman–Crippen MR) is 351 cm³/mol. The minimum absolute atomic E-state index is 0.0450. The highest BCUT2D eigenvalue weighted by Gasteiger charge is 2.44. The van der Waals surface area contributed by atoms with Gasteiger partial charge in [0.25, 0.3) is 0 Å². The van der Waals surface area contributed by atoms with Gasteiger partial charge in [-0.15, -0.1) is 22.7 Å². The van der Waals surface area contributed by atoms with Crippen LogP contribution in [0.15, 0.2) is 118 Å². The van der Waals surface area contributed by atoms with Crippen LogP contribution in [0.25, 0.3) is 75.0 Å². The van der Waals surface area contributed by atoms with Crippen molar-refractivity contribution in [3.05, 3.63) is 131 Å². The van der Waals surface area contributed by atoms with Crippen LogP contribution in [-0.2, 0) is 22.2 Å². The molecule has 80 heavy (non-hydrogen) atoms. The number of fused-ring (bicyclic) bond motifs is 8. The van der Waals surface area contributed by atoms with Gasteiger partial charge in [0.15, 0.2) is 0 Å². The van der Waals surface area contributed by atoms with Crippen molar-refractivity contribution in [3.8, 4) is 64.0 Å². The first-order valence-electron chi connectivity index (χ1n) is 31.6.